The van der Waals surface area contributed by atoms with Crippen molar-refractivity contribution in [1.82, 2.24) is 13.9 Å². The van der Waals surface area contributed by atoms with E-state index in [9.17, 15) is 18.0 Å². The molecule has 11 heteroatoms. The molecule has 0 saturated carbocycles. The maximum Gasteiger partial charge on any atom is 0.262 e. The number of hydrogen-bond acceptors (Lipinski definition) is 7. The zero-order valence-corrected chi connectivity index (χ0v) is 17.8. The summed E-state index contributed by atoms with van der Waals surface area (Å²) in [5.74, 6) is -0.452. The molecule has 1 aliphatic rings. The first-order chi connectivity index (χ1) is 14.4. The number of fused-ring (bicyclic) bond motifs is 1. The Hall–Kier alpha value is -2.60. The topological polar surface area (TPSA) is 111 Å². The van der Waals surface area contributed by atoms with Gasteiger partial charge in [-0.15, -0.1) is 11.3 Å². The first kappa shape index (κ1) is 20.7. The van der Waals surface area contributed by atoms with Gasteiger partial charge in [0.05, 0.1) is 29.8 Å². The molecule has 1 fully saturated rings. The number of anilines is 1. The van der Waals surface area contributed by atoms with Gasteiger partial charge in [0.15, 0.2) is 0 Å². The third kappa shape index (κ3) is 4.01. The number of aryl methyl sites for hydroxylation is 1. The number of carbonyl (C=O) groups is 1. The van der Waals surface area contributed by atoms with Crippen LogP contribution in [0.2, 0.25) is 0 Å². The third-order valence-electron chi connectivity index (χ3n) is 4.82. The van der Waals surface area contributed by atoms with E-state index in [1.165, 1.54) is 32.6 Å². The van der Waals surface area contributed by atoms with Crippen molar-refractivity contribution in [1.29, 1.82) is 0 Å². The van der Waals surface area contributed by atoms with E-state index in [0.29, 0.717) is 47.8 Å². The van der Waals surface area contributed by atoms with Crippen LogP contribution >= 0.6 is 11.3 Å². The molecule has 2 aromatic heterocycles. The van der Waals surface area contributed by atoms with Gasteiger partial charge in [0, 0.05) is 18.8 Å². The molecular formula is C19H20N4O5S2. The number of ether oxygens (including phenoxy) is 1. The first-order valence-electron chi connectivity index (χ1n) is 9.27. The van der Waals surface area contributed by atoms with Crippen molar-refractivity contribution in [2.24, 2.45) is 0 Å². The Bertz CT molecular complexity index is 1260. The Kier molecular flexibility index (Phi) is 5.69. The quantitative estimate of drug-likeness (QED) is 0.632. The molecule has 3 aromatic rings. The first-order valence-corrected chi connectivity index (χ1v) is 11.6. The summed E-state index contributed by atoms with van der Waals surface area (Å²) in [5, 5.41) is 4.90. The lowest BCUT2D eigenvalue weighted by Crippen LogP contribution is -2.40. The second kappa shape index (κ2) is 8.26. The third-order valence-corrected chi connectivity index (χ3v) is 7.69. The van der Waals surface area contributed by atoms with Crippen LogP contribution < -0.4 is 10.9 Å². The molecule has 0 aliphatic carbocycles. The second-order valence-corrected chi connectivity index (χ2v) is 9.66. The summed E-state index contributed by atoms with van der Waals surface area (Å²) in [6, 6.07) is 6.40. The zero-order chi connectivity index (χ0) is 21.3. The van der Waals surface area contributed by atoms with Crippen molar-refractivity contribution in [3.63, 3.8) is 0 Å². The van der Waals surface area contributed by atoms with Crippen LogP contribution in [-0.2, 0) is 26.1 Å². The monoisotopic (exact) mass is 448 g/mol. The van der Waals surface area contributed by atoms with E-state index in [-0.39, 0.29) is 17.0 Å². The van der Waals surface area contributed by atoms with Gasteiger partial charge < -0.3 is 10.1 Å². The van der Waals surface area contributed by atoms with E-state index in [0.717, 1.165) is 0 Å². The molecule has 1 aromatic carbocycles. The summed E-state index contributed by atoms with van der Waals surface area (Å²) in [7, 11) is -3.70. The normalized spacial score (nSPS) is 15.4. The number of morpholine rings is 1. The molecule has 3 heterocycles. The van der Waals surface area contributed by atoms with Gasteiger partial charge in [0.25, 0.3) is 5.56 Å². The molecule has 1 saturated heterocycles. The summed E-state index contributed by atoms with van der Waals surface area (Å²) in [5.41, 5.74) is 0.633. The SMILES string of the molecule is Cc1ccc(NC(=O)Cn2cnc3sccc3c2=O)cc1S(=O)(=O)N1CCOCC1. The van der Waals surface area contributed by atoms with E-state index in [1.54, 1.807) is 30.5 Å². The van der Waals surface area contributed by atoms with Crippen molar-refractivity contribution in [2.75, 3.05) is 31.6 Å². The predicted octanol–water partition coefficient (Wildman–Crippen LogP) is 1.43. The number of nitrogens with zero attached hydrogens (tertiary/aromatic N) is 3. The summed E-state index contributed by atoms with van der Waals surface area (Å²) in [6.07, 6.45) is 1.34. The zero-order valence-electron chi connectivity index (χ0n) is 16.2. The Morgan fingerprint density at radius 2 is 2.03 bits per heavy atom. The Morgan fingerprint density at radius 3 is 2.80 bits per heavy atom. The maximum atomic E-state index is 13.0. The molecular weight excluding hydrogens is 428 g/mol. The largest absolute Gasteiger partial charge is 0.379 e. The minimum Gasteiger partial charge on any atom is -0.379 e. The van der Waals surface area contributed by atoms with E-state index in [2.05, 4.69) is 10.3 Å². The smallest absolute Gasteiger partial charge is 0.262 e. The fourth-order valence-corrected chi connectivity index (χ4v) is 5.63. The van der Waals surface area contributed by atoms with Gasteiger partial charge in [-0.1, -0.05) is 6.07 Å². The second-order valence-electron chi connectivity index (χ2n) is 6.86. The number of sulfonamides is 1. The highest BCUT2D eigenvalue weighted by Gasteiger charge is 2.28. The Labute approximate surface area is 177 Å². The number of amides is 1. The van der Waals surface area contributed by atoms with Crippen LogP contribution in [0.1, 0.15) is 5.56 Å². The molecule has 1 aliphatic heterocycles. The molecule has 4 rings (SSSR count). The molecule has 0 unspecified atom stereocenters. The highest BCUT2D eigenvalue weighted by atomic mass is 32.2. The van der Waals surface area contributed by atoms with Gasteiger partial charge in [0.2, 0.25) is 15.9 Å². The fourth-order valence-electron chi connectivity index (χ4n) is 3.24. The molecule has 9 nitrogen and oxygen atoms in total. The summed E-state index contributed by atoms with van der Waals surface area (Å²) >= 11 is 1.35. The van der Waals surface area contributed by atoms with Gasteiger partial charge in [-0.05, 0) is 36.1 Å². The maximum absolute atomic E-state index is 13.0. The number of hydrogen-bond donors (Lipinski definition) is 1. The van der Waals surface area contributed by atoms with Crippen molar-refractivity contribution in [3.8, 4) is 0 Å². The van der Waals surface area contributed by atoms with Crippen molar-refractivity contribution in [2.45, 2.75) is 18.4 Å². The molecule has 1 amide bonds. The predicted molar refractivity (Wildman–Crippen MR) is 113 cm³/mol. The van der Waals surface area contributed by atoms with Crippen LogP contribution in [-0.4, -0.2) is 54.5 Å². The van der Waals surface area contributed by atoms with E-state index in [1.807, 2.05) is 0 Å². The lowest BCUT2D eigenvalue weighted by atomic mass is 10.2. The molecule has 0 radical (unpaired) electrons. The van der Waals surface area contributed by atoms with Gasteiger partial charge >= 0.3 is 0 Å². The van der Waals surface area contributed by atoms with Gasteiger partial charge in [0.1, 0.15) is 11.4 Å². The Morgan fingerprint density at radius 1 is 1.27 bits per heavy atom. The van der Waals surface area contributed by atoms with Gasteiger partial charge in [-0.25, -0.2) is 13.4 Å². The molecule has 0 atom stereocenters. The van der Waals surface area contributed by atoms with Crippen LogP contribution in [0.5, 0.6) is 0 Å². The van der Waals surface area contributed by atoms with Crippen LogP contribution in [0, 0.1) is 6.92 Å². The van der Waals surface area contributed by atoms with E-state index >= 15 is 0 Å². The molecule has 0 spiro atoms. The highest BCUT2D eigenvalue weighted by molar-refractivity contribution is 7.89. The minimum absolute atomic E-state index is 0.140. The number of aromatic nitrogens is 2. The number of carbonyl (C=O) groups excluding carboxylic acids is 1. The molecule has 30 heavy (non-hydrogen) atoms. The average molecular weight is 449 g/mol. The highest BCUT2D eigenvalue weighted by Crippen LogP contribution is 2.24. The minimum atomic E-state index is -3.70. The summed E-state index contributed by atoms with van der Waals surface area (Å²) in [4.78, 5) is 29.9. The van der Waals surface area contributed by atoms with Gasteiger partial charge in [-0.3, -0.25) is 14.2 Å². The van der Waals surface area contributed by atoms with E-state index < -0.39 is 15.9 Å². The van der Waals surface area contributed by atoms with Crippen molar-refractivity contribution < 1.29 is 17.9 Å². The van der Waals surface area contributed by atoms with Crippen LogP contribution in [0.4, 0.5) is 5.69 Å². The fraction of sp³-hybridized carbons (Fsp3) is 0.316. The van der Waals surface area contributed by atoms with E-state index in [4.69, 9.17) is 4.74 Å². The number of rotatable bonds is 5. The number of benzene rings is 1. The molecule has 0 bridgehead atoms. The Balaban J connectivity index is 1.54. The van der Waals surface area contributed by atoms with Crippen LogP contribution in [0.3, 0.4) is 0 Å². The number of thiophene rings is 1. The van der Waals surface area contributed by atoms with Crippen LogP contribution in [0.15, 0.2) is 45.7 Å². The summed E-state index contributed by atoms with van der Waals surface area (Å²) in [6.45, 7) is 2.77. The van der Waals surface area contributed by atoms with Crippen LogP contribution in [0.25, 0.3) is 10.2 Å². The summed E-state index contributed by atoms with van der Waals surface area (Å²) < 4.78 is 33.8. The lowest BCUT2D eigenvalue weighted by Gasteiger charge is -2.26. The lowest BCUT2D eigenvalue weighted by molar-refractivity contribution is -0.116. The van der Waals surface area contributed by atoms with Crippen molar-refractivity contribution in [3.05, 3.63) is 51.9 Å². The van der Waals surface area contributed by atoms with Gasteiger partial charge in [-0.2, -0.15) is 4.31 Å². The number of nitrogens with one attached hydrogen (secondary N) is 1. The molecule has 1 N–H and O–H groups in total. The standard InChI is InChI=1S/C19H20N4O5S2/c1-13-2-3-14(10-16(13)30(26,27)23-5-7-28-8-6-23)21-17(24)11-22-12-20-18-15(19(22)25)4-9-29-18/h2-4,9-10,12H,5-8,11H2,1H3,(H,21,24). The van der Waals surface area contributed by atoms with Crippen molar-refractivity contribution >= 4 is 43.2 Å². The molecule has 158 valence electrons. The average Bonchev–Trinajstić information content (AvgIpc) is 3.22.